The van der Waals surface area contributed by atoms with Gasteiger partial charge >= 0.3 is 0 Å². The predicted molar refractivity (Wildman–Crippen MR) is 65.1 cm³/mol. The summed E-state index contributed by atoms with van der Waals surface area (Å²) in [6.45, 7) is 9.85. The van der Waals surface area contributed by atoms with E-state index in [0.717, 1.165) is 6.04 Å². The van der Waals surface area contributed by atoms with Crippen molar-refractivity contribution in [1.82, 2.24) is 10.2 Å². The van der Waals surface area contributed by atoms with Crippen LogP contribution in [0.15, 0.2) is 0 Å². The van der Waals surface area contributed by atoms with E-state index >= 15 is 0 Å². The maximum atomic E-state index is 3.51. The van der Waals surface area contributed by atoms with Crippen molar-refractivity contribution in [3.8, 4) is 0 Å². The molecule has 0 spiro atoms. The van der Waals surface area contributed by atoms with Crippen LogP contribution in [-0.4, -0.2) is 37.1 Å². The predicted octanol–water partition coefficient (Wildman–Crippen LogP) is 2.25. The van der Waals surface area contributed by atoms with Crippen LogP contribution in [0.5, 0.6) is 0 Å². The fourth-order valence-corrected chi connectivity index (χ4v) is 2.69. The molecule has 0 aromatic rings. The minimum Gasteiger partial charge on any atom is -0.316 e. The first-order chi connectivity index (χ1) is 7.23. The Bertz CT molecular complexity index is 193. The van der Waals surface area contributed by atoms with Crippen molar-refractivity contribution < 1.29 is 0 Å². The molecule has 2 rings (SSSR count). The second-order valence-electron chi connectivity index (χ2n) is 5.79. The number of hydrogen-bond donors (Lipinski definition) is 1. The van der Waals surface area contributed by atoms with E-state index in [1.165, 1.54) is 58.3 Å². The van der Waals surface area contributed by atoms with Crippen LogP contribution >= 0.6 is 0 Å². The number of unbranched alkanes of at least 4 members (excludes halogenated alkanes) is 1. The van der Waals surface area contributed by atoms with E-state index in [9.17, 15) is 0 Å². The summed E-state index contributed by atoms with van der Waals surface area (Å²) in [6.07, 6.45) is 6.97. The smallest absolute Gasteiger partial charge is 0.00966 e. The lowest BCUT2D eigenvalue weighted by Gasteiger charge is -2.32. The summed E-state index contributed by atoms with van der Waals surface area (Å²) in [7, 11) is 0. The molecule has 0 aromatic carbocycles. The summed E-state index contributed by atoms with van der Waals surface area (Å²) in [5.74, 6) is 0. The molecular weight excluding hydrogens is 184 g/mol. The molecule has 2 nitrogen and oxygen atoms in total. The van der Waals surface area contributed by atoms with Crippen molar-refractivity contribution in [2.24, 2.45) is 5.41 Å². The molecule has 2 aliphatic rings. The first-order valence-electron chi connectivity index (χ1n) is 6.68. The Morgan fingerprint density at radius 2 is 2.20 bits per heavy atom. The average molecular weight is 210 g/mol. The third-order valence-corrected chi connectivity index (χ3v) is 3.90. The first kappa shape index (κ1) is 11.4. The van der Waals surface area contributed by atoms with Crippen molar-refractivity contribution >= 4 is 0 Å². The third kappa shape index (κ3) is 3.18. The van der Waals surface area contributed by atoms with Gasteiger partial charge in [-0.2, -0.15) is 0 Å². The SMILES string of the molecule is CCCCN(CC1(C)CCNC1)C1CC1. The molecule has 1 N–H and O–H groups in total. The van der Waals surface area contributed by atoms with Gasteiger partial charge in [0.2, 0.25) is 0 Å². The zero-order chi connectivity index (χ0) is 10.7. The quantitative estimate of drug-likeness (QED) is 0.723. The molecule has 2 heteroatoms. The third-order valence-electron chi connectivity index (χ3n) is 3.90. The van der Waals surface area contributed by atoms with Gasteiger partial charge in [-0.05, 0) is 44.2 Å². The number of hydrogen-bond acceptors (Lipinski definition) is 2. The highest BCUT2D eigenvalue weighted by Gasteiger charge is 2.36. The molecule has 0 radical (unpaired) electrons. The molecule has 1 aliphatic carbocycles. The van der Waals surface area contributed by atoms with Gasteiger partial charge in [0.15, 0.2) is 0 Å². The molecule has 1 saturated carbocycles. The lowest BCUT2D eigenvalue weighted by Crippen LogP contribution is -2.39. The highest BCUT2D eigenvalue weighted by atomic mass is 15.2. The lowest BCUT2D eigenvalue weighted by molar-refractivity contribution is 0.167. The van der Waals surface area contributed by atoms with Crippen molar-refractivity contribution in [1.29, 1.82) is 0 Å². The van der Waals surface area contributed by atoms with E-state index in [1.54, 1.807) is 0 Å². The molecule has 1 unspecified atom stereocenters. The van der Waals surface area contributed by atoms with Crippen LogP contribution in [0.3, 0.4) is 0 Å². The summed E-state index contributed by atoms with van der Waals surface area (Å²) in [6, 6.07) is 0.939. The number of nitrogens with one attached hydrogen (secondary N) is 1. The Morgan fingerprint density at radius 3 is 2.73 bits per heavy atom. The zero-order valence-corrected chi connectivity index (χ0v) is 10.4. The van der Waals surface area contributed by atoms with Gasteiger partial charge in [-0.3, -0.25) is 4.90 Å². The fourth-order valence-electron chi connectivity index (χ4n) is 2.69. The second kappa shape index (κ2) is 4.84. The van der Waals surface area contributed by atoms with Gasteiger partial charge in [0, 0.05) is 19.1 Å². The molecule has 0 aromatic heterocycles. The molecule has 1 aliphatic heterocycles. The molecule has 2 fully saturated rings. The Morgan fingerprint density at radius 1 is 1.40 bits per heavy atom. The van der Waals surface area contributed by atoms with Crippen LogP contribution in [0.4, 0.5) is 0 Å². The van der Waals surface area contributed by atoms with Gasteiger partial charge in [0.25, 0.3) is 0 Å². The molecule has 1 saturated heterocycles. The van der Waals surface area contributed by atoms with Crippen LogP contribution < -0.4 is 5.32 Å². The molecule has 15 heavy (non-hydrogen) atoms. The van der Waals surface area contributed by atoms with E-state index in [-0.39, 0.29) is 0 Å². The van der Waals surface area contributed by atoms with Crippen molar-refractivity contribution in [3.05, 3.63) is 0 Å². The van der Waals surface area contributed by atoms with Crippen LogP contribution in [0.2, 0.25) is 0 Å². The normalized spacial score (nSPS) is 31.4. The van der Waals surface area contributed by atoms with Crippen LogP contribution in [0.1, 0.15) is 46.0 Å². The zero-order valence-electron chi connectivity index (χ0n) is 10.4. The summed E-state index contributed by atoms with van der Waals surface area (Å²) >= 11 is 0. The standard InChI is InChI=1S/C13H26N2/c1-3-4-9-15(12-5-6-12)11-13(2)7-8-14-10-13/h12,14H,3-11H2,1-2H3. The maximum absolute atomic E-state index is 3.51. The second-order valence-corrected chi connectivity index (χ2v) is 5.79. The van der Waals surface area contributed by atoms with Crippen molar-refractivity contribution in [2.75, 3.05) is 26.2 Å². The maximum Gasteiger partial charge on any atom is 0.00966 e. The van der Waals surface area contributed by atoms with E-state index in [4.69, 9.17) is 0 Å². The average Bonchev–Trinajstić information content (AvgIpc) is 2.98. The minimum absolute atomic E-state index is 0.552. The Kier molecular flexibility index (Phi) is 3.68. The van der Waals surface area contributed by atoms with Crippen molar-refractivity contribution in [3.63, 3.8) is 0 Å². The van der Waals surface area contributed by atoms with E-state index < -0.39 is 0 Å². The molecular formula is C13H26N2. The highest BCUT2D eigenvalue weighted by molar-refractivity contribution is 4.92. The summed E-state index contributed by atoms with van der Waals surface area (Å²) in [4.78, 5) is 2.76. The molecule has 1 atom stereocenters. The Labute approximate surface area is 94.4 Å². The van der Waals surface area contributed by atoms with Gasteiger partial charge in [0.1, 0.15) is 0 Å². The van der Waals surface area contributed by atoms with E-state index in [1.807, 2.05) is 0 Å². The number of rotatable bonds is 6. The number of nitrogens with zero attached hydrogens (tertiary/aromatic N) is 1. The van der Waals surface area contributed by atoms with Gasteiger partial charge in [0.05, 0.1) is 0 Å². The van der Waals surface area contributed by atoms with Gasteiger partial charge in [-0.25, -0.2) is 0 Å². The van der Waals surface area contributed by atoms with E-state index in [0.29, 0.717) is 5.41 Å². The summed E-state index contributed by atoms with van der Waals surface area (Å²) in [5, 5.41) is 3.51. The molecule has 0 amide bonds. The summed E-state index contributed by atoms with van der Waals surface area (Å²) < 4.78 is 0. The van der Waals surface area contributed by atoms with Gasteiger partial charge in [-0.15, -0.1) is 0 Å². The Balaban J connectivity index is 1.82. The highest BCUT2D eigenvalue weighted by Crippen LogP contribution is 2.33. The first-order valence-corrected chi connectivity index (χ1v) is 6.68. The largest absolute Gasteiger partial charge is 0.316 e. The van der Waals surface area contributed by atoms with Gasteiger partial charge in [-0.1, -0.05) is 20.3 Å². The molecule has 88 valence electrons. The lowest BCUT2D eigenvalue weighted by atomic mass is 9.89. The minimum atomic E-state index is 0.552. The fraction of sp³-hybridized carbons (Fsp3) is 1.00. The molecule has 0 bridgehead atoms. The van der Waals surface area contributed by atoms with Gasteiger partial charge < -0.3 is 5.32 Å². The van der Waals surface area contributed by atoms with Crippen molar-refractivity contribution in [2.45, 2.75) is 52.0 Å². The van der Waals surface area contributed by atoms with Crippen LogP contribution in [0, 0.1) is 5.41 Å². The van der Waals surface area contributed by atoms with Crippen LogP contribution in [-0.2, 0) is 0 Å². The Hall–Kier alpha value is -0.0800. The topological polar surface area (TPSA) is 15.3 Å². The monoisotopic (exact) mass is 210 g/mol. The van der Waals surface area contributed by atoms with Crippen LogP contribution in [0.25, 0.3) is 0 Å². The summed E-state index contributed by atoms with van der Waals surface area (Å²) in [5.41, 5.74) is 0.552. The van der Waals surface area contributed by atoms with E-state index in [2.05, 4.69) is 24.1 Å². The molecule has 1 heterocycles.